The van der Waals surface area contributed by atoms with Gasteiger partial charge in [0, 0.05) is 16.0 Å². The van der Waals surface area contributed by atoms with Gasteiger partial charge >= 0.3 is 0 Å². The standard InChI is InChI=1S/C19H13BClOS/c21-17-13-15(19(22)14-7-3-1-4-8-14)11-12-18(17)23-20-16-9-5-2-6-10-16/h1-13H. The number of hydrogen-bond acceptors (Lipinski definition) is 2. The van der Waals surface area contributed by atoms with Crippen molar-refractivity contribution >= 4 is 41.0 Å². The van der Waals surface area contributed by atoms with Crippen molar-refractivity contribution in [2.24, 2.45) is 0 Å². The number of hydrogen-bond donors (Lipinski definition) is 0. The molecule has 0 saturated heterocycles. The normalized spacial score (nSPS) is 10.3. The smallest absolute Gasteiger partial charge is 0.236 e. The van der Waals surface area contributed by atoms with Crippen LogP contribution >= 0.6 is 23.2 Å². The van der Waals surface area contributed by atoms with Crippen molar-refractivity contribution in [1.29, 1.82) is 0 Å². The predicted octanol–water partition coefficient (Wildman–Crippen LogP) is 4.61. The fourth-order valence-electron chi connectivity index (χ4n) is 2.16. The molecule has 3 rings (SSSR count). The highest BCUT2D eigenvalue weighted by Crippen LogP contribution is 2.28. The Bertz CT molecular complexity index is 806. The van der Waals surface area contributed by atoms with E-state index in [0.29, 0.717) is 16.1 Å². The van der Waals surface area contributed by atoms with Crippen LogP contribution in [0.5, 0.6) is 0 Å². The van der Waals surface area contributed by atoms with Crippen LogP contribution in [0.25, 0.3) is 0 Å². The van der Waals surface area contributed by atoms with Gasteiger partial charge in [-0.05, 0) is 18.2 Å². The minimum absolute atomic E-state index is 0.0175. The Labute approximate surface area is 145 Å². The average Bonchev–Trinajstić information content (AvgIpc) is 2.61. The third kappa shape index (κ3) is 4.07. The van der Waals surface area contributed by atoms with Crippen LogP contribution in [0.3, 0.4) is 0 Å². The lowest BCUT2D eigenvalue weighted by atomic mass is 9.95. The van der Waals surface area contributed by atoms with E-state index in [-0.39, 0.29) is 5.78 Å². The van der Waals surface area contributed by atoms with E-state index in [2.05, 4.69) is 0 Å². The maximum atomic E-state index is 12.4. The predicted molar refractivity (Wildman–Crippen MR) is 99.0 cm³/mol. The molecule has 0 spiro atoms. The number of ketones is 1. The lowest BCUT2D eigenvalue weighted by molar-refractivity contribution is 0.103. The average molecular weight is 336 g/mol. The summed E-state index contributed by atoms with van der Waals surface area (Å²) in [4.78, 5) is 13.3. The summed E-state index contributed by atoms with van der Waals surface area (Å²) < 4.78 is 0. The SMILES string of the molecule is O=C(c1ccccc1)c1ccc(S[B]c2ccccc2)c(Cl)c1. The van der Waals surface area contributed by atoms with Crippen LogP contribution in [0.15, 0.2) is 83.8 Å². The van der Waals surface area contributed by atoms with E-state index in [4.69, 9.17) is 11.6 Å². The van der Waals surface area contributed by atoms with Gasteiger partial charge < -0.3 is 0 Å². The highest BCUT2D eigenvalue weighted by Gasteiger charge is 2.11. The van der Waals surface area contributed by atoms with E-state index < -0.39 is 0 Å². The van der Waals surface area contributed by atoms with Gasteiger partial charge in [0.25, 0.3) is 0 Å². The fourth-order valence-corrected chi connectivity index (χ4v) is 3.21. The molecule has 1 nitrogen and oxygen atoms in total. The first-order valence-corrected chi connectivity index (χ1v) is 8.44. The van der Waals surface area contributed by atoms with Crippen molar-refractivity contribution < 1.29 is 4.79 Å². The number of carbonyl (C=O) groups is 1. The molecule has 0 N–H and O–H groups in total. The Morgan fingerprint density at radius 1 is 0.826 bits per heavy atom. The molecular weight excluding hydrogens is 323 g/mol. The molecule has 0 unspecified atom stereocenters. The van der Waals surface area contributed by atoms with Crippen molar-refractivity contribution in [2.45, 2.75) is 4.90 Å². The van der Waals surface area contributed by atoms with Crippen molar-refractivity contribution in [3.63, 3.8) is 0 Å². The molecule has 4 heteroatoms. The second-order valence-corrected chi connectivity index (χ2v) is 6.31. The molecule has 0 heterocycles. The van der Waals surface area contributed by atoms with Gasteiger partial charge in [0.2, 0.25) is 6.56 Å². The highest BCUT2D eigenvalue weighted by molar-refractivity contribution is 8.23. The Morgan fingerprint density at radius 3 is 2.13 bits per heavy atom. The van der Waals surface area contributed by atoms with E-state index in [9.17, 15) is 4.79 Å². The third-order valence-electron chi connectivity index (χ3n) is 3.35. The molecule has 23 heavy (non-hydrogen) atoms. The molecular formula is C19H13BClOS. The van der Waals surface area contributed by atoms with Crippen LogP contribution in [-0.4, -0.2) is 12.3 Å². The summed E-state index contributed by atoms with van der Waals surface area (Å²) >= 11 is 7.88. The molecule has 0 aliphatic rings. The minimum atomic E-state index is -0.0175. The van der Waals surface area contributed by atoms with Gasteiger partial charge in [-0.15, -0.1) is 0 Å². The molecule has 111 valence electrons. The van der Waals surface area contributed by atoms with Crippen molar-refractivity contribution in [3.8, 4) is 0 Å². The van der Waals surface area contributed by atoms with Crippen LogP contribution in [-0.2, 0) is 0 Å². The zero-order chi connectivity index (χ0) is 16.1. The summed E-state index contributed by atoms with van der Waals surface area (Å²) in [6, 6.07) is 24.7. The molecule has 0 atom stereocenters. The summed E-state index contributed by atoms with van der Waals surface area (Å²) in [5, 5.41) is 0.587. The van der Waals surface area contributed by atoms with Crippen molar-refractivity contribution in [1.82, 2.24) is 0 Å². The lowest BCUT2D eigenvalue weighted by Gasteiger charge is -2.07. The number of rotatable bonds is 5. The molecule has 3 aromatic rings. The molecule has 0 amide bonds. The molecule has 0 aromatic heterocycles. The zero-order valence-electron chi connectivity index (χ0n) is 12.3. The highest BCUT2D eigenvalue weighted by atomic mass is 35.5. The maximum absolute atomic E-state index is 12.4. The molecule has 0 aliphatic heterocycles. The third-order valence-corrected chi connectivity index (χ3v) is 4.78. The maximum Gasteiger partial charge on any atom is 0.236 e. The summed E-state index contributed by atoms with van der Waals surface area (Å²) in [7, 11) is 0. The van der Waals surface area contributed by atoms with E-state index >= 15 is 0 Å². The molecule has 0 aliphatic carbocycles. The van der Waals surface area contributed by atoms with Gasteiger partial charge in [-0.2, -0.15) is 11.6 Å². The van der Waals surface area contributed by atoms with Gasteiger partial charge in [0.05, 0.1) is 5.02 Å². The summed E-state index contributed by atoms with van der Waals surface area (Å²) in [5.74, 6) is -0.0175. The summed E-state index contributed by atoms with van der Waals surface area (Å²) in [6.45, 7) is 2.04. The topological polar surface area (TPSA) is 17.1 Å². The van der Waals surface area contributed by atoms with Gasteiger partial charge in [-0.3, -0.25) is 4.79 Å². The number of carbonyl (C=O) groups excluding carboxylic acids is 1. The first kappa shape index (κ1) is 15.9. The van der Waals surface area contributed by atoms with Gasteiger partial charge in [-0.1, -0.05) is 77.7 Å². The van der Waals surface area contributed by atoms with Gasteiger partial charge in [-0.25, -0.2) is 0 Å². The zero-order valence-corrected chi connectivity index (χ0v) is 13.8. The van der Waals surface area contributed by atoms with E-state index in [1.54, 1.807) is 17.7 Å². The van der Waals surface area contributed by atoms with Crippen LogP contribution in [0.1, 0.15) is 15.9 Å². The van der Waals surface area contributed by atoms with Crippen molar-refractivity contribution in [2.75, 3.05) is 0 Å². The number of halogens is 1. The first-order valence-electron chi connectivity index (χ1n) is 7.18. The second kappa shape index (κ2) is 7.54. The summed E-state index contributed by atoms with van der Waals surface area (Å²) in [6.07, 6.45) is 0. The first-order chi connectivity index (χ1) is 11.2. The molecule has 1 radical (unpaired) electrons. The Morgan fingerprint density at radius 2 is 1.48 bits per heavy atom. The monoisotopic (exact) mass is 335 g/mol. The van der Waals surface area contributed by atoms with E-state index in [0.717, 1.165) is 10.4 Å². The Balaban J connectivity index is 1.74. The quantitative estimate of drug-likeness (QED) is 0.500. The van der Waals surface area contributed by atoms with E-state index in [1.807, 2.05) is 79.4 Å². The van der Waals surface area contributed by atoms with Crippen LogP contribution in [0, 0.1) is 0 Å². The largest absolute Gasteiger partial charge is 0.289 e. The van der Waals surface area contributed by atoms with Crippen molar-refractivity contribution in [3.05, 3.63) is 95.0 Å². The van der Waals surface area contributed by atoms with Gasteiger partial charge in [0.1, 0.15) is 0 Å². The Kier molecular flexibility index (Phi) is 5.21. The number of benzene rings is 3. The summed E-state index contributed by atoms with van der Waals surface area (Å²) in [5.41, 5.74) is 2.39. The van der Waals surface area contributed by atoms with Crippen LogP contribution < -0.4 is 5.46 Å². The molecule has 0 saturated carbocycles. The lowest BCUT2D eigenvalue weighted by Crippen LogP contribution is -2.09. The Hall–Kier alpha value is -1.97. The molecule has 0 bridgehead atoms. The second-order valence-electron chi connectivity index (χ2n) is 4.99. The van der Waals surface area contributed by atoms with E-state index in [1.165, 1.54) is 0 Å². The molecule has 3 aromatic carbocycles. The fraction of sp³-hybridized carbons (Fsp3) is 0. The van der Waals surface area contributed by atoms with Crippen LogP contribution in [0.4, 0.5) is 0 Å². The minimum Gasteiger partial charge on any atom is -0.289 e. The van der Waals surface area contributed by atoms with Gasteiger partial charge in [0.15, 0.2) is 5.78 Å². The van der Waals surface area contributed by atoms with Crippen LogP contribution in [0.2, 0.25) is 5.02 Å². The molecule has 0 fully saturated rings.